The molecule has 96 valence electrons. The van der Waals surface area contributed by atoms with E-state index in [9.17, 15) is 8.42 Å². The Hall–Kier alpha value is -1.42. The summed E-state index contributed by atoms with van der Waals surface area (Å²) in [5, 5.41) is 12.1. The highest BCUT2D eigenvalue weighted by molar-refractivity contribution is 7.89. The van der Waals surface area contributed by atoms with E-state index in [0.29, 0.717) is 6.54 Å². The minimum Gasteiger partial charge on any atom is -0.315 e. The summed E-state index contributed by atoms with van der Waals surface area (Å²) in [7, 11) is -3.62. The molecule has 1 aliphatic heterocycles. The van der Waals surface area contributed by atoms with Crippen molar-refractivity contribution in [1.82, 2.24) is 10.0 Å². The molecule has 2 N–H and O–H groups in total. The van der Waals surface area contributed by atoms with Crippen molar-refractivity contribution in [3.8, 4) is 6.07 Å². The molecule has 1 unspecified atom stereocenters. The van der Waals surface area contributed by atoms with Gasteiger partial charge in [-0.3, -0.25) is 0 Å². The van der Waals surface area contributed by atoms with E-state index < -0.39 is 10.0 Å². The van der Waals surface area contributed by atoms with Crippen molar-refractivity contribution in [2.45, 2.75) is 23.8 Å². The molecule has 0 aliphatic carbocycles. The van der Waals surface area contributed by atoms with E-state index in [-0.39, 0.29) is 16.5 Å². The maximum atomic E-state index is 12.2. The fourth-order valence-electron chi connectivity index (χ4n) is 2.03. The van der Waals surface area contributed by atoms with Crippen molar-refractivity contribution in [2.24, 2.45) is 0 Å². The Morgan fingerprint density at radius 1 is 1.39 bits per heavy atom. The molecule has 0 aromatic heterocycles. The fourth-order valence-corrected chi connectivity index (χ4v) is 3.46. The van der Waals surface area contributed by atoms with Gasteiger partial charge in [0.25, 0.3) is 0 Å². The number of hydrogen-bond acceptors (Lipinski definition) is 4. The fraction of sp³-hybridized carbons (Fsp3) is 0.417. The molecule has 0 bridgehead atoms. The molecule has 1 saturated heterocycles. The zero-order chi connectivity index (χ0) is 13.0. The molecule has 1 heterocycles. The first-order valence-corrected chi connectivity index (χ1v) is 7.34. The molecule has 2 rings (SSSR count). The second-order valence-electron chi connectivity index (χ2n) is 4.27. The third-order valence-electron chi connectivity index (χ3n) is 2.92. The second kappa shape index (κ2) is 5.48. The first-order chi connectivity index (χ1) is 8.63. The van der Waals surface area contributed by atoms with Gasteiger partial charge in [-0.2, -0.15) is 5.26 Å². The molecule has 6 heteroatoms. The summed E-state index contributed by atoms with van der Waals surface area (Å²) in [6, 6.07) is 8.04. The van der Waals surface area contributed by atoms with Crippen LogP contribution in [-0.2, 0) is 10.0 Å². The lowest BCUT2D eigenvalue weighted by atomic mass is 10.1. The zero-order valence-corrected chi connectivity index (χ0v) is 10.7. The molecular weight excluding hydrogens is 250 g/mol. The van der Waals surface area contributed by atoms with Gasteiger partial charge in [0.05, 0.1) is 10.5 Å². The highest BCUT2D eigenvalue weighted by Crippen LogP contribution is 2.15. The summed E-state index contributed by atoms with van der Waals surface area (Å²) in [6.45, 7) is 1.56. The molecule has 1 aliphatic rings. The van der Waals surface area contributed by atoms with Crippen molar-refractivity contribution >= 4 is 10.0 Å². The largest absolute Gasteiger partial charge is 0.315 e. The van der Waals surface area contributed by atoms with Crippen LogP contribution in [-0.4, -0.2) is 27.5 Å². The normalized spacial score (nSPS) is 20.3. The zero-order valence-electron chi connectivity index (χ0n) is 9.89. The minimum absolute atomic E-state index is 0.0538. The third kappa shape index (κ3) is 2.88. The maximum Gasteiger partial charge on any atom is 0.242 e. The van der Waals surface area contributed by atoms with Gasteiger partial charge in [-0.15, -0.1) is 0 Å². The van der Waals surface area contributed by atoms with Gasteiger partial charge in [0, 0.05) is 12.6 Å². The van der Waals surface area contributed by atoms with Crippen molar-refractivity contribution in [1.29, 1.82) is 5.26 Å². The molecule has 0 radical (unpaired) electrons. The van der Waals surface area contributed by atoms with Gasteiger partial charge in [0.2, 0.25) is 10.0 Å². The average Bonchev–Trinajstić information content (AvgIpc) is 2.39. The Labute approximate surface area is 107 Å². The Bertz CT molecular complexity index is 557. The van der Waals surface area contributed by atoms with Crippen LogP contribution < -0.4 is 10.0 Å². The van der Waals surface area contributed by atoms with E-state index in [2.05, 4.69) is 10.0 Å². The van der Waals surface area contributed by atoms with Crippen molar-refractivity contribution in [3.05, 3.63) is 29.8 Å². The lowest BCUT2D eigenvalue weighted by Crippen LogP contribution is -2.45. The number of hydrogen-bond donors (Lipinski definition) is 2. The third-order valence-corrected chi connectivity index (χ3v) is 4.49. The molecule has 0 saturated carbocycles. The SMILES string of the molecule is N#Cc1ccccc1S(=O)(=O)NC1CCCNC1. The molecular formula is C12H15N3O2S. The summed E-state index contributed by atoms with van der Waals surface area (Å²) in [5.41, 5.74) is 0.175. The molecule has 1 aromatic rings. The van der Waals surface area contributed by atoms with E-state index >= 15 is 0 Å². The number of nitriles is 1. The molecule has 1 aromatic carbocycles. The molecule has 18 heavy (non-hydrogen) atoms. The van der Waals surface area contributed by atoms with Crippen LogP contribution in [0.3, 0.4) is 0 Å². The predicted molar refractivity (Wildman–Crippen MR) is 67.4 cm³/mol. The number of piperidine rings is 1. The van der Waals surface area contributed by atoms with E-state index in [4.69, 9.17) is 5.26 Å². The number of benzene rings is 1. The number of sulfonamides is 1. The quantitative estimate of drug-likeness (QED) is 0.838. The van der Waals surface area contributed by atoms with Gasteiger partial charge in [0.1, 0.15) is 6.07 Å². The average molecular weight is 265 g/mol. The Morgan fingerprint density at radius 2 is 2.17 bits per heavy atom. The van der Waals surface area contributed by atoms with Gasteiger partial charge >= 0.3 is 0 Å². The van der Waals surface area contributed by atoms with Crippen LogP contribution in [0, 0.1) is 11.3 Å². The van der Waals surface area contributed by atoms with Gasteiger partial charge in [-0.25, -0.2) is 13.1 Å². The van der Waals surface area contributed by atoms with Crippen LogP contribution in [0.5, 0.6) is 0 Å². The number of nitrogens with one attached hydrogen (secondary N) is 2. The van der Waals surface area contributed by atoms with Crippen LogP contribution in [0.15, 0.2) is 29.2 Å². The summed E-state index contributed by atoms with van der Waals surface area (Å²) < 4.78 is 27.0. The summed E-state index contributed by atoms with van der Waals surface area (Å²) in [4.78, 5) is 0.0538. The van der Waals surface area contributed by atoms with E-state index in [1.165, 1.54) is 12.1 Å². The molecule has 0 amide bonds. The number of nitrogens with zero attached hydrogens (tertiary/aromatic N) is 1. The summed E-state index contributed by atoms with van der Waals surface area (Å²) >= 11 is 0. The van der Waals surface area contributed by atoms with Gasteiger partial charge in [-0.1, -0.05) is 12.1 Å². The lowest BCUT2D eigenvalue weighted by molar-refractivity contribution is 0.428. The number of rotatable bonds is 3. The highest BCUT2D eigenvalue weighted by Gasteiger charge is 2.23. The summed E-state index contributed by atoms with van der Waals surface area (Å²) in [5.74, 6) is 0. The molecule has 1 fully saturated rings. The topological polar surface area (TPSA) is 82.0 Å². The summed E-state index contributed by atoms with van der Waals surface area (Å²) in [6.07, 6.45) is 1.77. The smallest absolute Gasteiger partial charge is 0.242 e. The van der Waals surface area contributed by atoms with Crippen LogP contribution in [0.25, 0.3) is 0 Å². The maximum absolute atomic E-state index is 12.2. The van der Waals surface area contributed by atoms with Crippen LogP contribution >= 0.6 is 0 Å². The van der Waals surface area contributed by atoms with Crippen molar-refractivity contribution in [3.63, 3.8) is 0 Å². The van der Waals surface area contributed by atoms with E-state index in [1.54, 1.807) is 12.1 Å². The standard InChI is InChI=1S/C12H15N3O2S/c13-8-10-4-1-2-6-12(10)18(16,17)15-11-5-3-7-14-9-11/h1-2,4,6,11,14-15H,3,5,7,9H2. The van der Waals surface area contributed by atoms with E-state index in [0.717, 1.165) is 19.4 Å². The Kier molecular flexibility index (Phi) is 3.97. The Balaban J connectivity index is 2.22. The van der Waals surface area contributed by atoms with Gasteiger partial charge < -0.3 is 5.32 Å². The molecule has 1 atom stereocenters. The van der Waals surface area contributed by atoms with Gasteiger partial charge in [0.15, 0.2) is 0 Å². The first kappa shape index (κ1) is 13.0. The minimum atomic E-state index is -3.62. The highest BCUT2D eigenvalue weighted by atomic mass is 32.2. The lowest BCUT2D eigenvalue weighted by Gasteiger charge is -2.23. The van der Waals surface area contributed by atoms with Gasteiger partial charge in [-0.05, 0) is 31.5 Å². The van der Waals surface area contributed by atoms with Crippen molar-refractivity contribution < 1.29 is 8.42 Å². The van der Waals surface area contributed by atoms with Crippen LogP contribution in [0.1, 0.15) is 18.4 Å². The molecule has 5 nitrogen and oxygen atoms in total. The first-order valence-electron chi connectivity index (χ1n) is 5.85. The van der Waals surface area contributed by atoms with Crippen LogP contribution in [0.2, 0.25) is 0 Å². The monoisotopic (exact) mass is 265 g/mol. The van der Waals surface area contributed by atoms with E-state index in [1.807, 2.05) is 6.07 Å². The van der Waals surface area contributed by atoms with Crippen molar-refractivity contribution in [2.75, 3.05) is 13.1 Å². The Morgan fingerprint density at radius 3 is 2.83 bits per heavy atom. The predicted octanol–water partition coefficient (Wildman–Crippen LogP) is 0.589. The molecule has 0 spiro atoms. The second-order valence-corrected chi connectivity index (χ2v) is 5.95. The van der Waals surface area contributed by atoms with Crippen LogP contribution in [0.4, 0.5) is 0 Å².